The number of ether oxygens (including phenoxy) is 2. The van der Waals surface area contributed by atoms with Crippen LogP contribution in [0.4, 0.5) is 0 Å². The van der Waals surface area contributed by atoms with Crippen LogP contribution in [0.5, 0.6) is 0 Å². The van der Waals surface area contributed by atoms with Gasteiger partial charge in [0.05, 0.1) is 25.5 Å². The SMILES string of the molecule is CCOC(=O)c1nnn2c1COC(c1ccc(Cl)cc1)C2. The van der Waals surface area contributed by atoms with E-state index < -0.39 is 5.97 Å². The molecule has 0 fully saturated rings. The van der Waals surface area contributed by atoms with Crippen molar-refractivity contribution in [2.45, 2.75) is 26.2 Å². The Morgan fingerprint density at radius 2 is 2.24 bits per heavy atom. The molecule has 2 aromatic rings. The van der Waals surface area contributed by atoms with Crippen LogP contribution in [-0.2, 0) is 22.6 Å². The normalized spacial score (nSPS) is 17.3. The van der Waals surface area contributed by atoms with Crippen LogP contribution in [-0.4, -0.2) is 27.6 Å². The first-order chi connectivity index (χ1) is 10.2. The summed E-state index contributed by atoms with van der Waals surface area (Å²) in [5.41, 5.74) is 1.89. The number of nitrogens with zero attached hydrogens (tertiary/aromatic N) is 3. The van der Waals surface area contributed by atoms with Gasteiger partial charge in [-0.25, -0.2) is 9.48 Å². The Labute approximate surface area is 126 Å². The summed E-state index contributed by atoms with van der Waals surface area (Å²) >= 11 is 5.88. The Hall–Kier alpha value is -1.92. The van der Waals surface area contributed by atoms with Gasteiger partial charge in [-0.05, 0) is 24.6 Å². The molecular weight excluding hydrogens is 294 g/mol. The predicted molar refractivity (Wildman–Crippen MR) is 75.0 cm³/mol. The van der Waals surface area contributed by atoms with Crippen LogP contribution in [0.2, 0.25) is 5.02 Å². The number of fused-ring (bicyclic) bond motifs is 1. The van der Waals surface area contributed by atoms with Crippen molar-refractivity contribution in [2.75, 3.05) is 6.61 Å². The Morgan fingerprint density at radius 1 is 1.48 bits per heavy atom. The fraction of sp³-hybridized carbons (Fsp3) is 0.357. The Bertz CT molecular complexity index is 654. The average molecular weight is 308 g/mol. The molecule has 0 bridgehead atoms. The summed E-state index contributed by atoms with van der Waals surface area (Å²) < 4.78 is 12.4. The van der Waals surface area contributed by atoms with Gasteiger partial charge >= 0.3 is 5.97 Å². The van der Waals surface area contributed by atoms with Gasteiger partial charge in [-0.1, -0.05) is 28.9 Å². The monoisotopic (exact) mass is 307 g/mol. The molecule has 1 atom stereocenters. The summed E-state index contributed by atoms with van der Waals surface area (Å²) in [6.45, 7) is 2.83. The molecule has 0 aliphatic carbocycles. The van der Waals surface area contributed by atoms with Crippen molar-refractivity contribution >= 4 is 17.6 Å². The fourth-order valence-corrected chi connectivity index (χ4v) is 2.37. The van der Waals surface area contributed by atoms with E-state index in [2.05, 4.69) is 10.3 Å². The molecule has 7 heteroatoms. The minimum absolute atomic E-state index is 0.133. The lowest BCUT2D eigenvalue weighted by atomic mass is 10.1. The van der Waals surface area contributed by atoms with Crippen LogP contribution in [0.25, 0.3) is 0 Å². The molecule has 1 unspecified atom stereocenters. The highest BCUT2D eigenvalue weighted by Crippen LogP contribution is 2.27. The van der Waals surface area contributed by atoms with Gasteiger partial charge in [0.1, 0.15) is 6.10 Å². The number of halogens is 1. The second kappa shape index (κ2) is 5.83. The van der Waals surface area contributed by atoms with Crippen molar-refractivity contribution in [1.29, 1.82) is 0 Å². The van der Waals surface area contributed by atoms with E-state index >= 15 is 0 Å². The van der Waals surface area contributed by atoms with Gasteiger partial charge < -0.3 is 9.47 Å². The van der Waals surface area contributed by atoms with E-state index in [0.29, 0.717) is 23.9 Å². The second-order valence-electron chi connectivity index (χ2n) is 4.64. The predicted octanol–water partition coefficient (Wildman–Crippen LogP) is 2.38. The molecular formula is C14H14ClN3O3. The Morgan fingerprint density at radius 3 is 2.95 bits per heavy atom. The first-order valence-electron chi connectivity index (χ1n) is 6.65. The summed E-state index contributed by atoms with van der Waals surface area (Å²) in [5.74, 6) is -0.465. The zero-order chi connectivity index (χ0) is 14.8. The lowest BCUT2D eigenvalue weighted by Crippen LogP contribution is -2.23. The maximum absolute atomic E-state index is 11.8. The highest BCUT2D eigenvalue weighted by atomic mass is 35.5. The number of hydrogen-bond acceptors (Lipinski definition) is 5. The number of carbonyl (C=O) groups is 1. The molecule has 0 saturated carbocycles. The number of hydrogen-bond donors (Lipinski definition) is 0. The molecule has 6 nitrogen and oxygen atoms in total. The van der Waals surface area contributed by atoms with Crippen molar-refractivity contribution in [3.63, 3.8) is 0 Å². The quantitative estimate of drug-likeness (QED) is 0.815. The van der Waals surface area contributed by atoms with Crippen molar-refractivity contribution < 1.29 is 14.3 Å². The molecule has 0 radical (unpaired) electrons. The van der Waals surface area contributed by atoms with Gasteiger partial charge in [-0.2, -0.15) is 0 Å². The largest absolute Gasteiger partial charge is 0.461 e. The third kappa shape index (κ3) is 2.77. The number of rotatable bonds is 3. The van der Waals surface area contributed by atoms with Gasteiger partial charge in [-0.3, -0.25) is 0 Å². The van der Waals surface area contributed by atoms with E-state index in [-0.39, 0.29) is 18.4 Å². The Kier molecular flexibility index (Phi) is 3.90. The fourth-order valence-electron chi connectivity index (χ4n) is 2.25. The highest BCUT2D eigenvalue weighted by Gasteiger charge is 2.28. The van der Waals surface area contributed by atoms with Gasteiger partial charge in [-0.15, -0.1) is 5.10 Å². The molecule has 0 saturated heterocycles. The van der Waals surface area contributed by atoms with E-state index in [1.165, 1.54) is 0 Å². The molecule has 110 valence electrons. The van der Waals surface area contributed by atoms with Gasteiger partial charge in [0, 0.05) is 5.02 Å². The number of carbonyl (C=O) groups excluding carboxylic acids is 1. The van der Waals surface area contributed by atoms with E-state index in [0.717, 1.165) is 5.56 Å². The maximum Gasteiger partial charge on any atom is 0.360 e. The third-order valence-corrected chi connectivity index (χ3v) is 3.56. The van der Waals surface area contributed by atoms with Crippen LogP contribution in [0.3, 0.4) is 0 Å². The standard InChI is InChI=1S/C14H14ClN3O3/c1-2-20-14(19)13-11-8-21-12(7-18(11)17-16-13)9-3-5-10(15)6-4-9/h3-6,12H,2,7-8H2,1H3. The van der Waals surface area contributed by atoms with Crippen LogP contribution < -0.4 is 0 Å². The Balaban J connectivity index is 1.80. The summed E-state index contributed by atoms with van der Waals surface area (Å²) in [6, 6.07) is 7.48. The number of esters is 1. The van der Waals surface area contributed by atoms with Crippen LogP contribution >= 0.6 is 11.6 Å². The van der Waals surface area contributed by atoms with Crippen LogP contribution in [0.15, 0.2) is 24.3 Å². The number of aromatic nitrogens is 3. The van der Waals surface area contributed by atoms with Crippen LogP contribution in [0.1, 0.15) is 34.8 Å². The van der Waals surface area contributed by atoms with Crippen molar-refractivity contribution in [3.05, 3.63) is 46.2 Å². The van der Waals surface area contributed by atoms with Gasteiger partial charge in [0.2, 0.25) is 0 Å². The van der Waals surface area contributed by atoms with E-state index in [4.69, 9.17) is 21.1 Å². The molecule has 0 spiro atoms. The number of benzene rings is 1. The van der Waals surface area contributed by atoms with Crippen molar-refractivity contribution in [2.24, 2.45) is 0 Å². The van der Waals surface area contributed by atoms with Crippen LogP contribution in [0, 0.1) is 0 Å². The minimum atomic E-state index is -0.465. The topological polar surface area (TPSA) is 66.2 Å². The summed E-state index contributed by atoms with van der Waals surface area (Å²) in [7, 11) is 0. The van der Waals surface area contributed by atoms with E-state index in [1.54, 1.807) is 11.6 Å². The van der Waals surface area contributed by atoms with Crippen molar-refractivity contribution in [3.8, 4) is 0 Å². The molecule has 0 N–H and O–H groups in total. The molecule has 1 aliphatic heterocycles. The highest BCUT2D eigenvalue weighted by molar-refractivity contribution is 6.30. The zero-order valence-electron chi connectivity index (χ0n) is 11.5. The lowest BCUT2D eigenvalue weighted by molar-refractivity contribution is -0.00233. The maximum atomic E-state index is 11.8. The molecule has 21 heavy (non-hydrogen) atoms. The lowest BCUT2D eigenvalue weighted by Gasteiger charge is -2.24. The summed E-state index contributed by atoms with van der Waals surface area (Å²) in [5, 5.41) is 8.59. The van der Waals surface area contributed by atoms with Gasteiger partial charge in [0.15, 0.2) is 5.69 Å². The smallest absolute Gasteiger partial charge is 0.360 e. The molecule has 1 aromatic heterocycles. The minimum Gasteiger partial charge on any atom is -0.461 e. The average Bonchev–Trinajstić information content (AvgIpc) is 2.91. The molecule has 3 rings (SSSR count). The summed E-state index contributed by atoms with van der Waals surface area (Å²) in [6.07, 6.45) is -0.133. The second-order valence-corrected chi connectivity index (χ2v) is 5.07. The van der Waals surface area contributed by atoms with E-state index in [9.17, 15) is 4.79 Å². The summed E-state index contributed by atoms with van der Waals surface area (Å²) in [4.78, 5) is 11.8. The van der Waals surface area contributed by atoms with Gasteiger partial charge in [0.25, 0.3) is 0 Å². The molecule has 1 aliphatic rings. The molecule has 2 heterocycles. The molecule has 1 aromatic carbocycles. The third-order valence-electron chi connectivity index (χ3n) is 3.31. The first-order valence-corrected chi connectivity index (χ1v) is 7.03. The molecule has 0 amide bonds. The zero-order valence-corrected chi connectivity index (χ0v) is 12.2. The van der Waals surface area contributed by atoms with E-state index in [1.807, 2.05) is 24.3 Å². The first kappa shape index (κ1) is 14.0. The van der Waals surface area contributed by atoms with Crippen molar-refractivity contribution in [1.82, 2.24) is 15.0 Å².